The van der Waals surface area contributed by atoms with E-state index in [1.807, 2.05) is 31.6 Å². The quantitative estimate of drug-likeness (QED) is 0.176. The number of carbonyl (C=O) groups excluding carboxylic acids is 1. The maximum absolute atomic E-state index is 10.0. The fourth-order valence-corrected chi connectivity index (χ4v) is 1.53. The normalized spacial score (nSPS) is 9.79. The summed E-state index contributed by atoms with van der Waals surface area (Å²) in [5, 5.41) is 9.97. The number of hydrazine groups is 1. The summed E-state index contributed by atoms with van der Waals surface area (Å²) < 4.78 is 7.18. The summed E-state index contributed by atoms with van der Waals surface area (Å²) in [6.45, 7) is 4.14. The molecule has 0 atom stereocenters. The Kier molecular flexibility index (Phi) is 19.0. The number of nitrogens with one attached hydrogen (secondary N) is 2. The largest absolute Gasteiger partial charge is 0.486 e. The Morgan fingerprint density at radius 3 is 2.46 bits per heavy atom. The summed E-state index contributed by atoms with van der Waals surface area (Å²) in [4.78, 5) is 10.0. The van der Waals surface area contributed by atoms with Crippen LogP contribution >= 0.6 is 0 Å². The zero-order chi connectivity index (χ0) is 18.6. The monoisotopic (exact) mass is 342 g/mol. The molecule has 0 amide bonds. The maximum Gasteiger partial charge on any atom is 0.172 e. The molecule has 138 valence electrons. The summed E-state index contributed by atoms with van der Waals surface area (Å²) >= 11 is 0. The Hall–Kier alpha value is -2.16. The number of rotatable bonds is 9. The van der Waals surface area contributed by atoms with Gasteiger partial charge in [-0.1, -0.05) is 6.92 Å². The van der Waals surface area contributed by atoms with E-state index in [-0.39, 0.29) is 6.61 Å². The van der Waals surface area contributed by atoms with E-state index in [9.17, 15) is 4.79 Å². The average Bonchev–Trinajstić information content (AvgIpc) is 2.62. The van der Waals surface area contributed by atoms with Crippen LogP contribution in [0.5, 0.6) is 5.75 Å². The van der Waals surface area contributed by atoms with Crippen molar-refractivity contribution >= 4 is 6.29 Å². The molecule has 8 heteroatoms. The fraction of sp³-hybridized carbons (Fsp3) is 0.500. The molecule has 1 rings (SSSR count). The molecule has 0 aromatic carbocycles. The van der Waals surface area contributed by atoms with Crippen LogP contribution in [0, 0.1) is 0 Å². The van der Waals surface area contributed by atoms with Gasteiger partial charge in [-0.15, -0.1) is 0 Å². The average molecular weight is 342 g/mol. The molecule has 0 aliphatic heterocycles. The van der Waals surface area contributed by atoms with E-state index in [1.165, 1.54) is 0 Å². The number of carbonyl (C=O) groups is 1. The molecule has 0 saturated heterocycles. The van der Waals surface area contributed by atoms with Gasteiger partial charge >= 0.3 is 0 Å². The highest BCUT2D eigenvalue weighted by Crippen LogP contribution is 2.04. The first-order chi connectivity index (χ1) is 11.7. The van der Waals surface area contributed by atoms with Crippen molar-refractivity contribution in [1.29, 1.82) is 0 Å². The third-order valence-corrected chi connectivity index (χ3v) is 2.59. The van der Waals surface area contributed by atoms with E-state index in [0.29, 0.717) is 0 Å². The summed E-state index contributed by atoms with van der Waals surface area (Å²) in [5.41, 5.74) is 8.57. The highest BCUT2D eigenvalue weighted by atomic mass is 16.5. The van der Waals surface area contributed by atoms with Crippen LogP contribution in [0.2, 0.25) is 0 Å². The first kappa shape index (κ1) is 24.1. The summed E-state index contributed by atoms with van der Waals surface area (Å²) in [6.07, 6.45) is 8.15. The van der Waals surface area contributed by atoms with Crippen molar-refractivity contribution in [3.63, 3.8) is 0 Å². The third-order valence-electron chi connectivity index (χ3n) is 2.59. The Balaban J connectivity index is 0. The second-order valence-electron chi connectivity index (χ2n) is 4.49. The van der Waals surface area contributed by atoms with Gasteiger partial charge in [0.25, 0.3) is 0 Å². The molecule has 7 N–H and O–H groups in total. The first-order valence-electron chi connectivity index (χ1n) is 7.73. The summed E-state index contributed by atoms with van der Waals surface area (Å²) in [6, 6.07) is 3.72. The van der Waals surface area contributed by atoms with E-state index in [1.54, 1.807) is 6.20 Å². The highest BCUT2D eigenvalue weighted by molar-refractivity contribution is 5.51. The maximum atomic E-state index is 10.0. The smallest absolute Gasteiger partial charge is 0.172 e. The van der Waals surface area contributed by atoms with Crippen LogP contribution in [0.3, 0.4) is 0 Å². The number of aliphatic hydroxyl groups is 1. The lowest BCUT2D eigenvalue weighted by molar-refractivity contribution is -0.697. The van der Waals surface area contributed by atoms with E-state index >= 15 is 0 Å². The van der Waals surface area contributed by atoms with Crippen LogP contribution in [0.4, 0.5) is 0 Å². The van der Waals surface area contributed by atoms with Gasteiger partial charge < -0.3 is 26.3 Å². The molecule has 0 saturated carbocycles. The molecular weight excluding hydrogens is 310 g/mol. The van der Waals surface area contributed by atoms with Gasteiger partial charge in [0.1, 0.15) is 18.9 Å². The molecule has 1 aromatic rings. The van der Waals surface area contributed by atoms with Gasteiger partial charge in [-0.3, -0.25) is 10.6 Å². The predicted molar refractivity (Wildman–Crippen MR) is 94.8 cm³/mol. The highest BCUT2D eigenvalue weighted by Gasteiger charge is 1.98. The van der Waals surface area contributed by atoms with Crippen LogP contribution in [0.25, 0.3) is 0 Å². The zero-order valence-electron chi connectivity index (χ0n) is 14.9. The summed E-state index contributed by atoms with van der Waals surface area (Å²) in [5.74, 6) is 5.71. The van der Waals surface area contributed by atoms with Crippen molar-refractivity contribution in [2.24, 2.45) is 11.6 Å². The van der Waals surface area contributed by atoms with Gasteiger partial charge in [-0.2, -0.15) is 0 Å². The third kappa shape index (κ3) is 14.8. The minimum atomic E-state index is 0.123. The number of ether oxygens (including phenoxy) is 1. The van der Waals surface area contributed by atoms with Crippen LogP contribution in [0.1, 0.15) is 19.8 Å². The minimum absolute atomic E-state index is 0.123. The van der Waals surface area contributed by atoms with Gasteiger partial charge in [0, 0.05) is 50.5 Å². The van der Waals surface area contributed by atoms with E-state index in [4.69, 9.17) is 21.4 Å². The van der Waals surface area contributed by atoms with Crippen LogP contribution in [-0.2, 0) is 11.3 Å². The van der Waals surface area contributed by atoms with Crippen LogP contribution < -0.4 is 31.6 Å². The molecule has 0 aliphatic rings. The van der Waals surface area contributed by atoms with Crippen molar-refractivity contribution in [2.45, 2.75) is 26.3 Å². The molecule has 0 bridgehead atoms. The number of hydrogen-bond donors (Lipinski definition) is 5. The van der Waals surface area contributed by atoms with E-state index in [0.717, 1.165) is 50.8 Å². The Bertz CT molecular complexity index is 424. The predicted octanol–water partition coefficient (Wildman–Crippen LogP) is -0.570. The Labute approximate surface area is 144 Å². The number of hydrogen-bond acceptors (Lipinski definition) is 7. The number of nitrogens with two attached hydrogens (primary N) is 2. The topological polar surface area (TPSA) is 127 Å². The van der Waals surface area contributed by atoms with Gasteiger partial charge in [0.2, 0.25) is 0 Å². The molecule has 0 aliphatic carbocycles. The number of nitrogens with zero attached hydrogens (tertiary/aromatic N) is 1. The number of pyridine rings is 1. The van der Waals surface area contributed by atoms with E-state index in [2.05, 4.69) is 22.2 Å². The van der Waals surface area contributed by atoms with Gasteiger partial charge in [-0.25, -0.2) is 4.57 Å². The molecule has 1 heterocycles. The molecule has 0 radical (unpaired) electrons. The molecule has 0 fully saturated rings. The van der Waals surface area contributed by atoms with Crippen molar-refractivity contribution in [2.75, 3.05) is 27.3 Å². The number of aryl methyl sites for hydroxylation is 1. The lowest BCUT2D eigenvalue weighted by Crippen LogP contribution is -2.31. The standard InChI is InChI=1S/C10H14NO2.C5H14N4.CH4O/c1-2-5-11-6-3-10(4-7-11)13-9-8-12;1-8-3-2-5(6)4-9-7;1-2/h3-4,6-8H,2,5,9H2,1H3;4,8-9H,2-3,6-7H2,1H3;2H,1H3/q+1;;/b;5-4-;. The van der Waals surface area contributed by atoms with Crippen molar-refractivity contribution in [3.05, 3.63) is 36.4 Å². The van der Waals surface area contributed by atoms with Crippen LogP contribution in [0.15, 0.2) is 36.4 Å². The SMILES string of the molecule is CCC[n+]1ccc(OCC=O)cc1.CNCC/C(N)=C/NN.CO. The van der Waals surface area contributed by atoms with Crippen molar-refractivity contribution in [1.82, 2.24) is 10.7 Å². The molecule has 1 aromatic heterocycles. The van der Waals surface area contributed by atoms with E-state index < -0.39 is 0 Å². The number of aldehydes is 1. The summed E-state index contributed by atoms with van der Waals surface area (Å²) in [7, 11) is 2.88. The second kappa shape index (κ2) is 18.9. The molecular formula is C16H32N5O3+. The molecule has 0 unspecified atom stereocenters. The molecule has 8 nitrogen and oxygen atoms in total. The zero-order valence-corrected chi connectivity index (χ0v) is 14.9. The van der Waals surface area contributed by atoms with Gasteiger partial charge in [0.15, 0.2) is 18.7 Å². The number of aromatic nitrogens is 1. The first-order valence-corrected chi connectivity index (χ1v) is 7.73. The van der Waals surface area contributed by atoms with Crippen molar-refractivity contribution in [3.8, 4) is 5.75 Å². The van der Waals surface area contributed by atoms with Crippen molar-refractivity contribution < 1.29 is 19.2 Å². The number of aliphatic hydroxyl groups excluding tert-OH is 1. The molecule has 0 spiro atoms. The van der Waals surface area contributed by atoms with Gasteiger partial charge in [0.05, 0.1) is 0 Å². The minimum Gasteiger partial charge on any atom is -0.486 e. The molecule has 24 heavy (non-hydrogen) atoms. The lowest BCUT2D eigenvalue weighted by Gasteiger charge is -1.99. The fourth-order valence-electron chi connectivity index (χ4n) is 1.53. The Morgan fingerprint density at radius 1 is 1.38 bits per heavy atom. The lowest BCUT2D eigenvalue weighted by atomic mass is 10.3. The van der Waals surface area contributed by atoms with Gasteiger partial charge in [-0.05, 0) is 7.05 Å². The second-order valence-corrected chi connectivity index (χ2v) is 4.49. The Morgan fingerprint density at radius 2 is 2.00 bits per heavy atom. The van der Waals surface area contributed by atoms with Crippen LogP contribution in [-0.4, -0.2) is 38.7 Å².